The number of carbonyl (C=O) groups excluding carboxylic acids is 1. The van der Waals surface area contributed by atoms with Gasteiger partial charge in [-0.25, -0.2) is 4.79 Å². The summed E-state index contributed by atoms with van der Waals surface area (Å²) >= 11 is 0. The van der Waals surface area contributed by atoms with E-state index in [0.717, 1.165) is 31.3 Å². The van der Waals surface area contributed by atoms with Gasteiger partial charge in [-0.15, -0.1) is 5.73 Å². The second-order valence-corrected chi connectivity index (χ2v) is 6.49. The zero-order valence-corrected chi connectivity index (χ0v) is 12.4. The Bertz CT molecular complexity index is 388. The highest BCUT2D eigenvalue weighted by Crippen LogP contribution is 2.35. The fraction of sp³-hybridized carbons (Fsp3) is 0.765. The summed E-state index contributed by atoms with van der Waals surface area (Å²) in [6.07, 6.45) is 8.44. The van der Waals surface area contributed by atoms with Crippen molar-refractivity contribution in [2.75, 3.05) is 0 Å². The average molecular weight is 262 g/mol. The van der Waals surface area contributed by atoms with Crippen LogP contribution < -0.4 is 0 Å². The Morgan fingerprint density at radius 2 is 2.21 bits per heavy atom. The number of carbonyl (C=O) groups is 1. The molecule has 0 saturated heterocycles. The molecule has 2 heteroatoms. The summed E-state index contributed by atoms with van der Waals surface area (Å²) in [5.74, 6) is 1.65. The summed E-state index contributed by atoms with van der Waals surface area (Å²) in [7, 11) is 0. The van der Waals surface area contributed by atoms with Gasteiger partial charge in [0.1, 0.15) is 6.10 Å². The minimum atomic E-state index is -0.124. The van der Waals surface area contributed by atoms with Crippen LogP contribution in [-0.2, 0) is 9.53 Å². The van der Waals surface area contributed by atoms with Crippen molar-refractivity contribution >= 4 is 5.97 Å². The minimum Gasteiger partial charge on any atom is -0.458 e. The monoisotopic (exact) mass is 262 g/mol. The molecule has 0 heterocycles. The Hall–Kier alpha value is -1.01. The molecular formula is C17H26O2. The third kappa shape index (κ3) is 3.73. The Balaban J connectivity index is 2.02. The summed E-state index contributed by atoms with van der Waals surface area (Å²) in [5, 5.41) is 0. The molecular weight excluding hydrogens is 236 g/mol. The van der Waals surface area contributed by atoms with Crippen LogP contribution in [0.2, 0.25) is 0 Å². The van der Waals surface area contributed by atoms with E-state index in [2.05, 4.69) is 26.5 Å². The van der Waals surface area contributed by atoms with Gasteiger partial charge in [-0.1, -0.05) is 27.2 Å². The lowest BCUT2D eigenvalue weighted by atomic mass is 9.75. The lowest BCUT2D eigenvalue weighted by molar-refractivity contribution is -0.151. The van der Waals surface area contributed by atoms with E-state index in [1.807, 2.05) is 6.08 Å². The Morgan fingerprint density at radius 1 is 1.42 bits per heavy atom. The number of ether oxygens (including phenoxy) is 1. The maximum Gasteiger partial charge on any atom is 0.342 e. The molecule has 1 fully saturated rings. The SMILES string of the molecule is CC1CCC(C(C)C)C(OC(=O)C2=C=CCCC2)C1. The van der Waals surface area contributed by atoms with Crippen LogP contribution in [0.1, 0.15) is 59.3 Å². The van der Waals surface area contributed by atoms with Crippen molar-refractivity contribution < 1.29 is 9.53 Å². The van der Waals surface area contributed by atoms with Crippen molar-refractivity contribution in [3.63, 3.8) is 0 Å². The molecule has 0 aromatic heterocycles. The average Bonchev–Trinajstić information content (AvgIpc) is 2.39. The number of esters is 1. The number of rotatable bonds is 3. The maximum atomic E-state index is 12.2. The first-order valence-corrected chi connectivity index (χ1v) is 7.73. The fourth-order valence-corrected chi connectivity index (χ4v) is 3.27. The topological polar surface area (TPSA) is 26.3 Å². The molecule has 2 aliphatic rings. The van der Waals surface area contributed by atoms with Crippen LogP contribution >= 0.6 is 0 Å². The Kier molecular flexibility index (Phi) is 4.87. The van der Waals surface area contributed by atoms with Gasteiger partial charge in [0.2, 0.25) is 0 Å². The predicted octanol–water partition coefficient (Wildman–Crippen LogP) is 4.26. The lowest BCUT2D eigenvalue weighted by Gasteiger charge is -2.36. The van der Waals surface area contributed by atoms with Crippen LogP contribution in [0.4, 0.5) is 0 Å². The summed E-state index contributed by atoms with van der Waals surface area (Å²) in [6.45, 7) is 6.74. The molecule has 0 aromatic carbocycles. The molecule has 19 heavy (non-hydrogen) atoms. The molecule has 2 aliphatic carbocycles. The van der Waals surface area contributed by atoms with Crippen LogP contribution in [0.15, 0.2) is 17.4 Å². The van der Waals surface area contributed by atoms with E-state index in [0.29, 0.717) is 17.8 Å². The van der Waals surface area contributed by atoms with Crippen molar-refractivity contribution in [3.8, 4) is 0 Å². The molecule has 0 spiro atoms. The van der Waals surface area contributed by atoms with E-state index >= 15 is 0 Å². The first kappa shape index (κ1) is 14.4. The second kappa shape index (κ2) is 6.43. The van der Waals surface area contributed by atoms with Gasteiger partial charge in [-0.2, -0.15) is 0 Å². The largest absolute Gasteiger partial charge is 0.458 e. The van der Waals surface area contributed by atoms with Gasteiger partial charge in [-0.3, -0.25) is 0 Å². The van der Waals surface area contributed by atoms with Gasteiger partial charge >= 0.3 is 5.97 Å². The normalized spacial score (nSPS) is 31.2. The molecule has 0 aliphatic heterocycles. The molecule has 0 N–H and O–H groups in total. The maximum absolute atomic E-state index is 12.2. The predicted molar refractivity (Wildman–Crippen MR) is 76.7 cm³/mol. The van der Waals surface area contributed by atoms with Gasteiger partial charge in [0.15, 0.2) is 0 Å². The zero-order chi connectivity index (χ0) is 13.8. The summed E-state index contributed by atoms with van der Waals surface area (Å²) in [6, 6.07) is 0. The summed E-state index contributed by atoms with van der Waals surface area (Å²) < 4.78 is 5.82. The minimum absolute atomic E-state index is 0.104. The van der Waals surface area contributed by atoms with Gasteiger partial charge in [0, 0.05) is 0 Å². The highest BCUT2D eigenvalue weighted by molar-refractivity contribution is 5.88. The second-order valence-electron chi connectivity index (χ2n) is 6.49. The standard InChI is InChI=1S/C17H26O2/c1-12(2)15-10-9-13(3)11-16(15)19-17(18)14-7-5-4-6-8-14/h5,12-13,15-16H,4,6,8-11H2,1-3H3. The summed E-state index contributed by atoms with van der Waals surface area (Å²) in [5.41, 5.74) is 3.82. The molecule has 0 radical (unpaired) electrons. The first-order chi connectivity index (χ1) is 9.08. The molecule has 2 rings (SSSR count). The zero-order valence-electron chi connectivity index (χ0n) is 12.4. The molecule has 1 saturated carbocycles. The van der Waals surface area contributed by atoms with Gasteiger partial charge in [0.05, 0.1) is 5.57 Å². The van der Waals surface area contributed by atoms with E-state index in [9.17, 15) is 4.79 Å². The van der Waals surface area contributed by atoms with Crippen LogP contribution in [0, 0.1) is 17.8 Å². The molecule has 3 atom stereocenters. The molecule has 0 aromatic rings. The third-order valence-electron chi connectivity index (χ3n) is 4.52. The lowest BCUT2D eigenvalue weighted by Crippen LogP contribution is -2.36. The molecule has 2 nitrogen and oxygen atoms in total. The summed E-state index contributed by atoms with van der Waals surface area (Å²) in [4.78, 5) is 12.2. The Labute approximate surface area is 116 Å². The van der Waals surface area contributed by atoms with Crippen molar-refractivity contribution in [1.29, 1.82) is 0 Å². The van der Waals surface area contributed by atoms with E-state index in [1.165, 1.54) is 12.8 Å². The highest BCUT2D eigenvalue weighted by Gasteiger charge is 2.33. The van der Waals surface area contributed by atoms with E-state index < -0.39 is 0 Å². The van der Waals surface area contributed by atoms with Gasteiger partial charge in [-0.05, 0) is 55.9 Å². The molecule has 0 bridgehead atoms. The first-order valence-electron chi connectivity index (χ1n) is 7.73. The van der Waals surface area contributed by atoms with Crippen molar-refractivity contribution in [3.05, 3.63) is 17.4 Å². The van der Waals surface area contributed by atoms with Crippen LogP contribution in [-0.4, -0.2) is 12.1 Å². The van der Waals surface area contributed by atoms with Gasteiger partial charge < -0.3 is 4.74 Å². The number of hydrogen-bond donors (Lipinski definition) is 0. The van der Waals surface area contributed by atoms with Crippen molar-refractivity contribution in [2.45, 2.75) is 65.4 Å². The molecule has 3 unspecified atom stereocenters. The van der Waals surface area contributed by atoms with Crippen LogP contribution in [0.3, 0.4) is 0 Å². The smallest absolute Gasteiger partial charge is 0.342 e. The van der Waals surface area contributed by atoms with Gasteiger partial charge in [0.25, 0.3) is 0 Å². The van der Waals surface area contributed by atoms with Crippen molar-refractivity contribution in [2.24, 2.45) is 17.8 Å². The van der Waals surface area contributed by atoms with E-state index in [-0.39, 0.29) is 12.1 Å². The van der Waals surface area contributed by atoms with Crippen LogP contribution in [0.25, 0.3) is 0 Å². The third-order valence-corrected chi connectivity index (χ3v) is 4.52. The molecule has 0 amide bonds. The fourth-order valence-electron chi connectivity index (χ4n) is 3.27. The number of hydrogen-bond acceptors (Lipinski definition) is 2. The van der Waals surface area contributed by atoms with Crippen LogP contribution in [0.5, 0.6) is 0 Å². The van der Waals surface area contributed by atoms with E-state index in [4.69, 9.17) is 4.74 Å². The highest BCUT2D eigenvalue weighted by atomic mass is 16.5. The van der Waals surface area contributed by atoms with Crippen molar-refractivity contribution in [1.82, 2.24) is 0 Å². The quantitative estimate of drug-likeness (QED) is 0.561. The molecule has 106 valence electrons. The van der Waals surface area contributed by atoms with E-state index in [1.54, 1.807) is 0 Å². The Morgan fingerprint density at radius 3 is 2.84 bits per heavy atom.